The number of hydrogen-bond donors (Lipinski definition) is 1. The van der Waals surface area contributed by atoms with Crippen molar-refractivity contribution in [2.75, 3.05) is 19.0 Å². The molecule has 1 N–H and O–H groups in total. The van der Waals surface area contributed by atoms with Crippen LogP contribution < -0.4 is 4.90 Å². The normalized spacial score (nSPS) is 15.4. The summed E-state index contributed by atoms with van der Waals surface area (Å²) in [6, 6.07) is 0. The number of nitrogens with zero attached hydrogens (tertiary/aromatic N) is 3. The van der Waals surface area contributed by atoms with Crippen molar-refractivity contribution in [3.63, 3.8) is 0 Å². The molecule has 0 aliphatic heterocycles. The summed E-state index contributed by atoms with van der Waals surface area (Å²) in [5.41, 5.74) is 1.69. The molecule has 92 valence electrons. The number of carboxylic acids is 1. The van der Waals surface area contributed by atoms with Crippen molar-refractivity contribution in [3.8, 4) is 0 Å². The topological polar surface area (TPSA) is 66.3 Å². The van der Waals surface area contributed by atoms with Crippen molar-refractivity contribution >= 4 is 11.9 Å². The van der Waals surface area contributed by atoms with Gasteiger partial charge in [0.25, 0.3) is 0 Å². The van der Waals surface area contributed by atoms with E-state index in [0.29, 0.717) is 11.9 Å². The van der Waals surface area contributed by atoms with Gasteiger partial charge in [-0.3, -0.25) is 4.79 Å². The summed E-state index contributed by atoms with van der Waals surface area (Å²) in [4.78, 5) is 21.3. The van der Waals surface area contributed by atoms with Crippen molar-refractivity contribution in [2.45, 2.75) is 31.6 Å². The molecule has 1 aliphatic rings. The number of carbonyl (C=O) groups is 1. The molecular formula is C12H17N3O2. The summed E-state index contributed by atoms with van der Waals surface area (Å²) in [7, 11) is 3.77. The molecule has 1 fully saturated rings. The molecule has 0 atom stereocenters. The molecule has 1 aromatic rings. The van der Waals surface area contributed by atoms with Crippen LogP contribution >= 0.6 is 0 Å². The van der Waals surface area contributed by atoms with Gasteiger partial charge in [-0.2, -0.15) is 0 Å². The standard InChI is InChI=1S/C12H17N3O2/c1-15(2)12-13-7-9(6-10(16)17)11(14-12)8-4-3-5-8/h7-8H,3-6H2,1-2H3,(H,16,17). The number of carboxylic acid groups (broad SMARTS) is 1. The van der Waals surface area contributed by atoms with Crippen LogP contribution in [0.5, 0.6) is 0 Å². The van der Waals surface area contributed by atoms with Crippen molar-refractivity contribution in [1.29, 1.82) is 0 Å². The van der Waals surface area contributed by atoms with Crippen LogP contribution in [0.2, 0.25) is 0 Å². The minimum Gasteiger partial charge on any atom is -0.481 e. The molecule has 1 aliphatic carbocycles. The maximum absolute atomic E-state index is 10.8. The van der Waals surface area contributed by atoms with Gasteiger partial charge in [0.15, 0.2) is 0 Å². The van der Waals surface area contributed by atoms with E-state index in [1.54, 1.807) is 6.20 Å². The van der Waals surface area contributed by atoms with Gasteiger partial charge in [0, 0.05) is 31.8 Å². The van der Waals surface area contributed by atoms with E-state index < -0.39 is 5.97 Å². The van der Waals surface area contributed by atoms with Gasteiger partial charge in [-0.15, -0.1) is 0 Å². The molecule has 0 aromatic carbocycles. The van der Waals surface area contributed by atoms with Crippen LogP contribution in [0, 0.1) is 0 Å². The third-order valence-corrected chi connectivity index (χ3v) is 3.12. The van der Waals surface area contributed by atoms with Gasteiger partial charge < -0.3 is 10.0 Å². The Morgan fingerprint density at radius 2 is 2.24 bits per heavy atom. The molecule has 1 saturated carbocycles. The van der Waals surface area contributed by atoms with Crippen molar-refractivity contribution < 1.29 is 9.90 Å². The van der Waals surface area contributed by atoms with Crippen LogP contribution in [0.1, 0.15) is 36.4 Å². The molecule has 2 rings (SSSR count). The fourth-order valence-corrected chi connectivity index (χ4v) is 1.96. The van der Waals surface area contributed by atoms with E-state index in [-0.39, 0.29) is 6.42 Å². The van der Waals surface area contributed by atoms with Crippen molar-refractivity contribution in [1.82, 2.24) is 9.97 Å². The molecule has 0 saturated heterocycles. The van der Waals surface area contributed by atoms with Crippen LogP contribution in [-0.4, -0.2) is 35.1 Å². The van der Waals surface area contributed by atoms with Gasteiger partial charge in [-0.1, -0.05) is 6.42 Å². The summed E-state index contributed by atoms with van der Waals surface area (Å²) in [6.45, 7) is 0. The number of hydrogen-bond acceptors (Lipinski definition) is 4. The van der Waals surface area contributed by atoms with Gasteiger partial charge in [0.1, 0.15) is 0 Å². The van der Waals surface area contributed by atoms with E-state index in [2.05, 4.69) is 9.97 Å². The average Bonchev–Trinajstić information content (AvgIpc) is 2.16. The minimum atomic E-state index is -0.827. The molecule has 5 heteroatoms. The Morgan fingerprint density at radius 3 is 2.71 bits per heavy atom. The molecule has 0 bridgehead atoms. The first kappa shape index (κ1) is 11.8. The van der Waals surface area contributed by atoms with Crippen LogP contribution in [0.4, 0.5) is 5.95 Å². The smallest absolute Gasteiger partial charge is 0.307 e. The van der Waals surface area contributed by atoms with Crippen molar-refractivity contribution in [3.05, 3.63) is 17.5 Å². The summed E-state index contributed by atoms with van der Waals surface area (Å²) >= 11 is 0. The molecule has 0 unspecified atom stereocenters. The number of aromatic nitrogens is 2. The van der Waals surface area contributed by atoms with Gasteiger partial charge in [0.05, 0.1) is 12.1 Å². The molecule has 1 heterocycles. The second-order valence-corrected chi connectivity index (χ2v) is 4.67. The van der Waals surface area contributed by atoms with E-state index >= 15 is 0 Å². The predicted molar refractivity (Wildman–Crippen MR) is 64.3 cm³/mol. The van der Waals surface area contributed by atoms with E-state index in [1.165, 1.54) is 6.42 Å². The number of rotatable bonds is 4. The summed E-state index contributed by atoms with van der Waals surface area (Å²) < 4.78 is 0. The largest absolute Gasteiger partial charge is 0.481 e. The zero-order chi connectivity index (χ0) is 12.4. The molecule has 1 aromatic heterocycles. The van der Waals surface area contributed by atoms with E-state index in [1.807, 2.05) is 19.0 Å². The first-order valence-electron chi connectivity index (χ1n) is 5.83. The molecule has 0 spiro atoms. The Hall–Kier alpha value is -1.65. The van der Waals surface area contributed by atoms with Crippen molar-refractivity contribution in [2.24, 2.45) is 0 Å². The Kier molecular flexibility index (Phi) is 3.26. The van der Waals surface area contributed by atoms with Crippen LogP contribution in [-0.2, 0) is 11.2 Å². The Morgan fingerprint density at radius 1 is 1.53 bits per heavy atom. The Bertz CT molecular complexity index is 428. The predicted octanol–water partition coefficient (Wildman–Crippen LogP) is 1.44. The van der Waals surface area contributed by atoms with E-state index in [4.69, 9.17) is 5.11 Å². The highest BCUT2D eigenvalue weighted by Crippen LogP contribution is 2.37. The summed E-state index contributed by atoms with van der Waals surface area (Å²) in [5.74, 6) is 0.249. The second-order valence-electron chi connectivity index (χ2n) is 4.67. The zero-order valence-corrected chi connectivity index (χ0v) is 10.2. The van der Waals surface area contributed by atoms with E-state index in [0.717, 1.165) is 24.1 Å². The van der Waals surface area contributed by atoms with Gasteiger partial charge in [-0.25, -0.2) is 9.97 Å². The fraction of sp³-hybridized carbons (Fsp3) is 0.583. The molecule has 5 nitrogen and oxygen atoms in total. The number of aliphatic carboxylic acids is 1. The average molecular weight is 235 g/mol. The lowest BCUT2D eigenvalue weighted by atomic mass is 9.81. The number of anilines is 1. The maximum atomic E-state index is 10.8. The highest BCUT2D eigenvalue weighted by molar-refractivity contribution is 5.70. The SMILES string of the molecule is CN(C)c1ncc(CC(=O)O)c(C2CCC2)n1. The zero-order valence-electron chi connectivity index (χ0n) is 10.2. The van der Waals surface area contributed by atoms with Gasteiger partial charge >= 0.3 is 5.97 Å². The van der Waals surface area contributed by atoms with Crippen LogP contribution in [0.3, 0.4) is 0 Å². The second kappa shape index (κ2) is 4.69. The van der Waals surface area contributed by atoms with Crippen LogP contribution in [0.15, 0.2) is 6.20 Å². The maximum Gasteiger partial charge on any atom is 0.307 e. The first-order valence-corrected chi connectivity index (χ1v) is 5.83. The molecule has 0 amide bonds. The summed E-state index contributed by atoms with van der Waals surface area (Å²) in [5, 5.41) is 8.88. The lowest BCUT2D eigenvalue weighted by Gasteiger charge is -2.27. The Balaban J connectivity index is 2.33. The quantitative estimate of drug-likeness (QED) is 0.855. The minimum absolute atomic E-state index is 0.0134. The third kappa shape index (κ3) is 2.54. The summed E-state index contributed by atoms with van der Waals surface area (Å²) in [6.07, 6.45) is 5.09. The van der Waals surface area contributed by atoms with E-state index in [9.17, 15) is 4.79 Å². The van der Waals surface area contributed by atoms with Gasteiger partial charge in [0.2, 0.25) is 5.95 Å². The lowest BCUT2D eigenvalue weighted by molar-refractivity contribution is -0.136. The molecule has 0 radical (unpaired) electrons. The monoisotopic (exact) mass is 235 g/mol. The molecular weight excluding hydrogens is 218 g/mol. The fourth-order valence-electron chi connectivity index (χ4n) is 1.96. The lowest BCUT2D eigenvalue weighted by Crippen LogP contribution is -2.19. The molecule has 17 heavy (non-hydrogen) atoms. The first-order chi connectivity index (χ1) is 8.08. The highest BCUT2D eigenvalue weighted by Gasteiger charge is 2.25. The van der Waals surface area contributed by atoms with Gasteiger partial charge in [-0.05, 0) is 12.8 Å². The Labute approximate surface area is 100 Å². The van der Waals surface area contributed by atoms with Crippen LogP contribution in [0.25, 0.3) is 0 Å². The highest BCUT2D eigenvalue weighted by atomic mass is 16.4. The third-order valence-electron chi connectivity index (χ3n) is 3.12.